The van der Waals surface area contributed by atoms with Crippen molar-refractivity contribution in [3.05, 3.63) is 35.6 Å². The minimum Gasteiger partial charge on any atom is -0.309 e. The zero-order valence-corrected chi connectivity index (χ0v) is 10.2. The molecular formula is C11H16FNO2S. The first-order valence-corrected chi connectivity index (χ1v) is 7.08. The average Bonchev–Trinajstić information content (AvgIpc) is 2.14. The molecule has 0 saturated heterocycles. The summed E-state index contributed by atoms with van der Waals surface area (Å²) in [6, 6.07) is 6.02. The SMILES string of the molecule is CC(CS(C)(=O)=O)NCc1ccc(F)cc1. The van der Waals surface area contributed by atoms with Crippen LogP contribution in [0.5, 0.6) is 0 Å². The van der Waals surface area contributed by atoms with E-state index in [0.29, 0.717) is 6.54 Å². The van der Waals surface area contributed by atoms with E-state index >= 15 is 0 Å². The molecule has 5 heteroatoms. The lowest BCUT2D eigenvalue weighted by Gasteiger charge is -2.12. The maximum absolute atomic E-state index is 12.6. The minimum atomic E-state index is -2.96. The van der Waals surface area contributed by atoms with Gasteiger partial charge in [-0.1, -0.05) is 12.1 Å². The van der Waals surface area contributed by atoms with E-state index in [0.717, 1.165) is 5.56 Å². The van der Waals surface area contributed by atoms with Gasteiger partial charge in [-0.2, -0.15) is 0 Å². The largest absolute Gasteiger partial charge is 0.309 e. The average molecular weight is 245 g/mol. The fourth-order valence-electron chi connectivity index (χ4n) is 1.41. The molecule has 1 atom stereocenters. The molecule has 0 radical (unpaired) electrons. The Morgan fingerprint density at radius 1 is 1.31 bits per heavy atom. The Hall–Kier alpha value is -0.940. The predicted octanol–water partition coefficient (Wildman–Crippen LogP) is 1.35. The Labute approximate surface area is 95.6 Å². The molecule has 0 bridgehead atoms. The molecule has 1 unspecified atom stereocenters. The number of hydrogen-bond donors (Lipinski definition) is 1. The highest BCUT2D eigenvalue weighted by Gasteiger charge is 2.09. The summed E-state index contributed by atoms with van der Waals surface area (Å²) in [6.45, 7) is 2.35. The fraction of sp³-hybridized carbons (Fsp3) is 0.455. The number of nitrogens with one attached hydrogen (secondary N) is 1. The van der Waals surface area contributed by atoms with E-state index in [4.69, 9.17) is 0 Å². The molecular weight excluding hydrogens is 229 g/mol. The summed E-state index contributed by atoms with van der Waals surface area (Å²) in [7, 11) is -2.96. The Balaban J connectivity index is 2.43. The number of benzene rings is 1. The fourth-order valence-corrected chi connectivity index (χ4v) is 2.43. The van der Waals surface area contributed by atoms with Gasteiger partial charge in [-0.25, -0.2) is 12.8 Å². The van der Waals surface area contributed by atoms with Crippen molar-refractivity contribution >= 4 is 9.84 Å². The molecule has 0 aromatic heterocycles. The summed E-state index contributed by atoms with van der Waals surface area (Å²) in [4.78, 5) is 0. The third kappa shape index (κ3) is 5.23. The topological polar surface area (TPSA) is 46.2 Å². The molecule has 0 saturated carbocycles. The van der Waals surface area contributed by atoms with E-state index in [1.54, 1.807) is 12.1 Å². The quantitative estimate of drug-likeness (QED) is 0.851. The summed E-state index contributed by atoms with van der Waals surface area (Å²) in [6.07, 6.45) is 1.21. The lowest BCUT2D eigenvalue weighted by Crippen LogP contribution is -2.32. The van der Waals surface area contributed by atoms with Crippen molar-refractivity contribution in [2.45, 2.75) is 19.5 Å². The lowest BCUT2D eigenvalue weighted by molar-refractivity contribution is 0.559. The van der Waals surface area contributed by atoms with Gasteiger partial charge in [-0.15, -0.1) is 0 Å². The lowest BCUT2D eigenvalue weighted by atomic mass is 10.2. The standard InChI is InChI=1S/C11H16FNO2S/c1-9(8-16(2,14)15)13-7-10-3-5-11(12)6-4-10/h3-6,9,13H,7-8H2,1-2H3. The van der Waals surface area contributed by atoms with Crippen LogP contribution in [0.3, 0.4) is 0 Å². The van der Waals surface area contributed by atoms with Crippen molar-refractivity contribution in [3.63, 3.8) is 0 Å². The molecule has 0 fully saturated rings. The van der Waals surface area contributed by atoms with Crippen molar-refractivity contribution in [2.24, 2.45) is 0 Å². The van der Waals surface area contributed by atoms with Gasteiger partial charge in [-0.3, -0.25) is 0 Å². The van der Waals surface area contributed by atoms with E-state index < -0.39 is 9.84 Å². The molecule has 0 aliphatic carbocycles. The summed E-state index contributed by atoms with van der Waals surface area (Å²) in [5.74, 6) is -0.165. The molecule has 0 heterocycles. The van der Waals surface area contributed by atoms with Gasteiger partial charge in [-0.05, 0) is 24.6 Å². The number of rotatable bonds is 5. The van der Waals surface area contributed by atoms with Crippen molar-refractivity contribution < 1.29 is 12.8 Å². The zero-order valence-electron chi connectivity index (χ0n) is 9.40. The molecule has 1 aromatic rings. The molecule has 0 aliphatic rings. The molecule has 0 spiro atoms. The summed E-state index contributed by atoms with van der Waals surface area (Å²) in [5, 5.41) is 3.07. The number of sulfone groups is 1. The van der Waals surface area contributed by atoms with Gasteiger partial charge in [0.05, 0.1) is 5.75 Å². The normalized spacial score (nSPS) is 13.7. The zero-order chi connectivity index (χ0) is 12.2. The monoisotopic (exact) mass is 245 g/mol. The highest BCUT2D eigenvalue weighted by atomic mass is 32.2. The summed E-state index contributed by atoms with van der Waals surface area (Å²) in [5.41, 5.74) is 0.932. The summed E-state index contributed by atoms with van der Waals surface area (Å²) < 4.78 is 34.6. The van der Waals surface area contributed by atoms with E-state index in [2.05, 4.69) is 5.32 Å². The van der Waals surface area contributed by atoms with Crippen molar-refractivity contribution in [2.75, 3.05) is 12.0 Å². The minimum absolute atomic E-state index is 0.105. The van der Waals surface area contributed by atoms with Crippen LogP contribution in [-0.2, 0) is 16.4 Å². The van der Waals surface area contributed by atoms with Crippen molar-refractivity contribution in [1.29, 1.82) is 0 Å². The smallest absolute Gasteiger partial charge is 0.148 e. The first-order chi connectivity index (χ1) is 7.37. The van der Waals surface area contributed by atoms with Crippen molar-refractivity contribution in [1.82, 2.24) is 5.32 Å². The second-order valence-electron chi connectivity index (χ2n) is 4.00. The van der Waals surface area contributed by atoms with Crippen LogP contribution < -0.4 is 5.32 Å². The van der Waals surface area contributed by atoms with Crippen LogP contribution in [-0.4, -0.2) is 26.5 Å². The van der Waals surface area contributed by atoms with Crippen molar-refractivity contribution in [3.8, 4) is 0 Å². The van der Waals surface area contributed by atoms with E-state index in [9.17, 15) is 12.8 Å². The van der Waals surface area contributed by atoms with Crippen LogP contribution in [0.15, 0.2) is 24.3 Å². The first-order valence-electron chi connectivity index (χ1n) is 5.02. The molecule has 16 heavy (non-hydrogen) atoms. The van der Waals surface area contributed by atoms with Gasteiger partial charge >= 0.3 is 0 Å². The molecule has 0 aliphatic heterocycles. The molecule has 0 amide bonds. The summed E-state index contributed by atoms with van der Waals surface area (Å²) >= 11 is 0. The predicted molar refractivity (Wildman–Crippen MR) is 62.4 cm³/mol. The van der Waals surface area contributed by atoms with Gasteiger partial charge < -0.3 is 5.32 Å². The maximum Gasteiger partial charge on any atom is 0.148 e. The van der Waals surface area contributed by atoms with Crippen LogP contribution >= 0.6 is 0 Å². The van der Waals surface area contributed by atoms with Crippen LogP contribution in [0.4, 0.5) is 4.39 Å². The van der Waals surface area contributed by atoms with Crippen LogP contribution in [0.2, 0.25) is 0 Å². The maximum atomic E-state index is 12.6. The van der Waals surface area contributed by atoms with E-state index in [1.165, 1.54) is 18.4 Å². The van der Waals surface area contributed by atoms with Crippen LogP contribution in [0.25, 0.3) is 0 Å². The van der Waals surface area contributed by atoms with Gasteiger partial charge in [0, 0.05) is 18.8 Å². The van der Waals surface area contributed by atoms with Gasteiger partial charge in [0.25, 0.3) is 0 Å². The third-order valence-electron chi connectivity index (χ3n) is 2.12. The molecule has 3 nitrogen and oxygen atoms in total. The first kappa shape index (κ1) is 13.1. The Morgan fingerprint density at radius 3 is 2.38 bits per heavy atom. The Morgan fingerprint density at radius 2 is 1.88 bits per heavy atom. The van der Waals surface area contributed by atoms with Crippen LogP contribution in [0, 0.1) is 5.82 Å². The van der Waals surface area contributed by atoms with Crippen LogP contribution in [0.1, 0.15) is 12.5 Å². The van der Waals surface area contributed by atoms with Gasteiger partial charge in [0.15, 0.2) is 0 Å². The highest BCUT2D eigenvalue weighted by Crippen LogP contribution is 2.02. The second-order valence-corrected chi connectivity index (χ2v) is 6.19. The Kier molecular flexibility index (Phi) is 4.44. The molecule has 1 aromatic carbocycles. The second kappa shape index (κ2) is 5.41. The molecule has 1 rings (SSSR count). The van der Waals surface area contributed by atoms with Gasteiger partial charge in [0.1, 0.15) is 15.7 Å². The molecule has 1 N–H and O–H groups in total. The highest BCUT2D eigenvalue weighted by molar-refractivity contribution is 7.90. The molecule has 90 valence electrons. The number of hydrogen-bond acceptors (Lipinski definition) is 3. The van der Waals surface area contributed by atoms with E-state index in [1.807, 2.05) is 6.92 Å². The van der Waals surface area contributed by atoms with E-state index in [-0.39, 0.29) is 17.6 Å². The van der Waals surface area contributed by atoms with Gasteiger partial charge in [0.2, 0.25) is 0 Å². The third-order valence-corrected chi connectivity index (χ3v) is 3.23. The number of halogens is 1. The Bertz CT molecular complexity index is 428.